The molecule has 0 radical (unpaired) electrons. The second-order valence-corrected chi connectivity index (χ2v) is 4.84. The Balaban J connectivity index is 1.81. The molecule has 6 nitrogen and oxygen atoms in total. The SMILES string of the molecule is COCc1nc(C)cc(NCC(=O)NCC2CC2)n1. The maximum Gasteiger partial charge on any atom is 0.239 e. The summed E-state index contributed by atoms with van der Waals surface area (Å²) in [5.74, 6) is 1.96. The first kappa shape index (κ1) is 13.7. The first-order valence-electron chi connectivity index (χ1n) is 6.51. The third-order valence-corrected chi connectivity index (χ3v) is 2.89. The molecule has 0 spiro atoms. The molecule has 0 atom stereocenters. The van der Waals surface area contributed by atoms with Gasteiger partial charge in [-0.1, -0.05) is 0 Å². The fourth-order valence-corrected chi connectivity index (χ4v) is 1.73. The van der Waals surface area contributed by atoms with Crippen LogP contribution in [-0.4, -0.2) is 36.1 Å². The van der Waals surface area contributed by atoms with Gasteiger partial charge in [-0.25, -0.2) is 9.97 Å². The second kappa shape index (κ2) is 6.47. The Kier molecular flexibility index (Phi) is 4.68. The zero-order valence-corrected chi connectivity index (χ0v) is 11.4. The summed E-state index contributed by atoms with van der Waals surface area (Å²) < 4.78 is 5.00. The molecule has 1 saturated carbocycles. The van der Waals surface area contributed by atoms with Gasteiger partial charge in [-0.05, 0) is 25.7 Å². The van der Waals surface area contributed by atoms with Gasteiger partial charge in [0.25, 0.3) is 0 Å². The van der Waals surface area contributed by atoms with Crippen LogP contribution >= 0.6 is 0 Å². The van der Waals surface area contributed by atoms with Gasteiger partial charge >= 0.3 is 0 Å². The Labute approximate surface area is 113 Å². The van der Waals surface area contributed by atoms with Crippen LogP contribution in [0.1, 0.15) is 24.4 Å². The molecule has 0 aromatic carbocycles. The summed E-state index contributed by atoms with van der Waals surface area (Å²) in [6, 6.07) is 1.81. The molecule has 1 aromatic heterocycles. The van der Waals surface area contributed by atoms with Crippen molar-refractivity contribution in [3.05, 3.63) is 17.6 Å². The first-order chi connectivity index (χ1) is 9.17. The van der Waals surface area contributed by atoms with Gasteiger partial charge in [0, 0.05) is 25.4 Å². The van der Waals surface area contributed by atoms with E-state index in [1.165, 1.54) is 12.8 Å². The molecule has 0 unspecified atom stereocenters. The van der Waals surface area contributed by atoms with Crippen molar-refractivity contribution >= 4 is 11.7 Å². The van der Waals surface area contributed by atoms with Crippen LogP contribution in [0.4, 0.5) is 5.82 Å². The van der Waals surface area contributed by atoms with E-state index in [4.69, 9.17) is 4.74 Å². The summed E-state index contributed by atoms with van der Waals surface area (Å²) in [5.41, 5.74) is 0.850. The van der Waals surface area contributed by atoms with Crippen LogP contribution in [0.3, 0.4) is 0 Å². The number of amides is 1. The van der Waals surface area contributed by atoms with Crippen molar-refractivity contribution in [3.63, 3.8) is 0 Å². The molecular formula is C13H20N4O2. The molecule has 1 aliphatic carbocycles. The van der Waals surface area contributed by atoms with Crippen LogP contribution in [0.5, 0.6) is 0 Å². The molecule has 6 heteroatoms. The second-order valence-electron chi connectivity index (χ2n) is 4.84. The quantitative estimate of drug-likeness (QED) is 0.764. The van der Waals surface area contributed by atoms with Gasteiger partial charge in [0.2, 0.25) is 5.91 Å². The smallest absolute Gasteiger partial charge is 0.239 e. The molecule has 19 heavy (non-hydrogen) atoms. The number of aryl methyl sites for hydroxylation is 1. The minimum Gasteiger partial charge on any atom is -0.377 e. The molecular weight excluding hydrogens is 244 g/mol. The maximum atomic E-state index is 11.6. The van der Waals surface area contributed by atoms with Crippen molar-refractivity contribution < 1.29 is 9.53 Å². The number of nitrogens with one attached hydrogen (secondary N) is 2. The molecule has 0 bridgehead atoms. The fourth-order valence-electron chi connectivity index (χ4n) is 1.73. The summed E-state index contributed by atoms with van der Waals surface area (Å²) in [6.07, 6.45) is 2.47. The van der Waals surface area contributed by atoms with Crippen molar-refractivity contribution in [2.45, 2.75) is 26.4 Å². The average molecular weight is 264 g/mol. The number of carbonyl (C=O) groups excluding carboxylic acids is 1. The summed E-state index contributed by atoms with van der Waals surface area (Å²) in [7, 11) is 1.60. The van der Waals surface area contributed by atoms with Crippen LogP contribution in [0.15, 0.2) is 6.07 Å². The van der Waals surface area contributed by atoms with Crippen LogP contribution < -0.4 is 10.6 Å². The standard InChI is InChI=1S/C13H20N4O2/c1-9-5-11(17-12(16-9)8-19-2)14-7-13(18)15-6-10-3-4-10/h5,10H,3-4,6-8H2,1-2H3,(H,15,18)(H,14,16,17). The first-order valence-corrected chi connectivity index (χ1v) is 6.51. The number of hydrogen-bond donors (Lipinski definition) is 2. The third kappa shape index (κ3) is 4.82. The fraction of sp³-hybridized carbons (Fsp3) is 0.615. The molecule has 2 N–H and O–H groups in total. The van der Waals surface area contributed by atoms with E-state index in [1.54, 1.807) is 7.11 Å². The number of nitrogens with zero attached hydrogens (tertiary/aromatic N) is 2. The van der Waals surface area contributed by atoms with E-state index >= 15 is 0 Å². The monoisotopic (exact) mass is 264 g/mol. The zero-order valence-electron chi connectivity index (χ0n) is 11.4. The van der Waals surface area contributed by atoms with Crippen LogP contribution in [0, 0.1) is 12.8 Å². The Morgan fingerprint density at radius 1 is 1.47 bits per heavy atom. The topological polar surface area (TPSA) is 76.1 Å². The molecule has 104 valence electrons. The van der Waals surface area contributed by atoms with Crippen LogP contribution in [0.2, 0.25) is 0 Å². The Bertz CT molecular complexity index is 446. The maximum absolute atomic E-state index is 11.6. The number of aromatic nitrogens is 2. The van der Waals surface area contributed by atoms with E-state index in [-0.39, 0.29) is 12.5 Å². The largest absolute Gasteiger partial charge is 0.377 e. The Hall–Kier alpha value is -1.69. The number of anilines is 1. The van der Waals surface area contributed by atoms with Crippen LogP contribution in [-0.2, 0) is 16.1 Å². The van der Waals surface area contributed by atoms with Gasteiger partial charge in [-0.15, -0.1) is 0 Å². The minimum absolute atomic E-state index is 0.00328. The summed E-state index contributed by atoms with van der Waals surface area (Å²) in [5, 5.41) is 5.91. The van der Waals surface area contributed by atoms with Gasteiger partial charge in [0.15, 0.2) is 5.82 Å². The summed E-state index contributed by atoms with van der Waals surface area (Å²) >= 11 is 0. The molecule has 1 amide bonds. The lowest BCUT2D eigenvalue weighted by Gasteiger charge is -2.08. The van der Waals surface area contributed by atoms with Crippen molar-refractivity contribution in [3.8, 4) is 0 Å². The predicted molar refractivity (Wildman–Crippen MR) is 71.7 cm³/mol. The minimum atomic E-state index is -0.00328. The van der Waals surface area contributed by atoms with E-state index in [0.717, 1.165) is 12.2 Å². The van der Waals surface area contributed by atoms with E-state index < -0.39 is 0 Å². The summed E-state index contributed by atoms with van der Waals surface area (Å²) in [6.45, 7) is 3.28. The van der Waals surface area contributed by atoms with E-state index in [2.05, 4.69) is 20.6 Å². The van der Waals surface area contributed by atoms with E-state index in [1.807, 2.05) is 13.0 Å². The normalized spacial score (nSPS) is 14.2. The molecule has 1 aromatic rings. The number of carbonyl (C=O) groups is 1. The number of rotatable bonds is 7. The third-order valence-electron chi connectivity index (χ3n) is 2.89. The van der Waals surface area contributed by atoms with Gasteiger partial charge in [-0.2, -0.15) is 0 Å². The van der Waals surface area contributed by atoms with Crippen molar-refractivity contribution in [2.24, 2.45) is 5.92 Å². The van der Waals surface area contributed by atoms with Crippen molar-refractivity contribution in [2.75, 3.05) is 25.5 Å². The lowest BCUT2D eigenvalue weighted by Crippen LogP contribution is -2.31. The zero-order chi connectivity index (χ0) is 13.7. The Morgan fingerprint density at radius 2 is 2.26 bits per heavy atom. The lowest BCUT2D eigenvalue weighted by molar-refractivity contribution is -0.119. The molecule has 1 aliphatic rings. The average Bonchev–Trinajstić information content (AvgIpc) is 3.18. The molecule has 0 saturated heterocycles. The van der Waals surface area contributed by atoms with Crippen molar-refractivity contribution in [1.82, 2.24) is 15.3 Å². The number of ether oxygens (including phenoxy) is 1. The highest BCUT2D eigenvalue weighted by atomic mass is 16.5. The molecule has 0 aliphatic heterocycles. The number of hydrogen-bond acceptors (Lipinski definition) is 5. The molecule has 2 rings (SSSR count). The van der Waals surface area contributed by atoms with E-state index in [9.17, 15) is 4.79 Å². The van der Waals surface area contributed by atoms with Gasteiger partial charge < -0.3 is 15.4 Å². The highest BCUT2D eigenvalue weighted by Gasteiger charge is 2.21. The summed E-state index contributed by atoms with van der Waals surface area (Å²) in [4.78, 5) is 20.1. The number of methoxy groups -OCH3 is 1. The molecule has 1 fully saturated rings. The van der Waals surface area contributed by atoms with Gasteiger partial charge in [0.1, 0.15) is 12.4 Å². The Morgan fingerprint density at radius 3 is 2.95 bits per heavy atom. The predicted octanol–water partition coefficient (Wildman–Crippen LogP) is 0.870. The van der Waals surface area contributed by atoms with Gasteiger partial charge in [-0.3, -0.25) is 4.79 Å². The van der Waals surface area contributed by atoms with Crippen LogP contribution in [0.25, 0.3) is 0 Å². The van der Waals surface area contributed by atoms with Gasteiger partial charge in [0.05, 0.1) is 6.54 Å². The molecule has 1 heterocycles. The van der Waals surface area contributed by atoms with Crippen molar-refractivity contribution in [1.29, 1.82) is 0 Å². The highest BCUT2D eigenvalue weighted by molar-refractivity contribution is 5.80. The lowest BCUT2D eigenvalue weighted by atomic mass is 10.4. The van der Waals surface area contributed by atoms with E-state index in [0.29, 0.717) is 24.2 Å². The highest BCUT2D eigenvalue weighted by Crippen LogP contribution is 2.27.